The van der Waals surface area contributed by atoms with Crippen molar-refractivity contribution in [3.05, 3.63) is 57.4 Å². The van der Waals surface area contributed by atoms with Gasteiger partial charge < -0.3 is 5.32 Å². The maximum absolute atomic E-state index is 12.4. The summed E-state index contributed by atoms with van der Waals surface area (Å²) in [6, 6.07) is 7.55. The van der Waals surface area contributed by atoms with Crippen molar-refractivity contribution in [2.75, 3.05) is 0 Å². The van der Waals surface area contributed by atoms with Gasteiger partial charge in [0, 0.05) is 29.1 Å². The van der Waals surface area contributed by atoms with Gasteiger partial charge in [-0.15, -0.1) is 0 Å². The third kappa shape index (κ3) is 4.45. The number of carbonyl (C=O) groups excluding carboxylic acids is 1. The van der Waals surface area contributed by atoms with E-state index in [9.17, 15) is 4.79 Å². The Morgan fingerprint density at radius 2 is 1.83 bits per heavy atom. The van der Waals surface area contributed by atoms with E-state index in [2.05, 4.69) is 33.0 Å². The van der Waals surface area contributed by atoms with Crippen LogP contribution in [0.5, 0.6) is 0 Å². The number of hydrogen-bond donors (Lipinski definition) is 1. The van der Waals surface area contributed by atoms with Crippen LogP contribution in [0.1, 0.15) is 55.3 Å². The molecule has 0 bridgehead atoms. The Kier molecular flexibility index (Phi) is 5.99. The van der Waals surface area contributed by atoms with Gasteiger partial charge in [0.1, 0.15) is 0 Å². The van der Waals surface area contributed by atoms with Gasteiger partial charge in [-0.25, -0.2) is 9.67 Å². The molecule has 1 aromatic carbocycles. The molecule has 154 valence electrons. The van der Waals surface area contributed by atoms with Gasteiger partial charge in [-0.3, -0.25) is 4.79 Å². The van der Waals surface area contributed by atoms with E-state index in [0.29, 0.717) is 24.4 Å². The number of carbonyl (C=O) groups is 1. The largest absolute Gasteiger partial charge is 0.352 e. The summed E-state index contributed by atoms with van der Waals surface area (Å²) in [6.07, 6.45) is 1.06. The summed E-state index contributed by atoms with van der Waals surface area (Å²) < 4.78 is 2.00. The number of rotatable bonds is 5. The highest BCUT2D eigenvalue weighted by molar-refractivity contribution is 6.31. The fourth-order valence-corrected chi connectivity index (χ4v) is 3.91. The number of benzene rings is 1. The Bertz CT molecular complexity index is 1060. The minimum atomic E-state index is -0.140. The number of aryl methyl sites for hydroxylation is 3. The molecule has 0 aliphatic rings. The van der Waals surface area contributed by atoms with E-state index in [1.165, 1.54) is 5.56 Å². The third-order valence-corrected chi connectivity index (χ3v) is 5.61. The number of pyridine rings is 1. The Hall–Kier alpha value is -2.40. The normalized spacial score (nSPS) is 11.8. The second kappa shape index (κ2) is 8.15. The van der Waals surface area contributed by atoms with Crippen molar-refractivity contribution in [2.24, 2.45) is 0 Å². The molecule has 0 saturated heterocycles. The lowest BCUT2D eigenvalue weighted by Gasteiger charge is -2.20. The zero-order valence-corrected chi connectivity index (χ0v) is 18.8. The van der Waals surface area contributed by atoms with Gasteiger partial charge in [0.05, 0.1) is 11.2 Å². The number of aromatic nitrogens is 3. The summed E-state index contributed by atoms with van der Waals surface area (Å²) in [4.78, 5) is 17.3. The highest BCUT2D eigenvalue weighted by Crippen LogP contribution is 2.29. The van der Waals surface area contributed by atoms with E-state index in [0.717, 1.165) is 33.5 Å². The van der Waals surface area contributed by atoms with Crippen molar-refractivity contribution >= 4 is 28.5 Å². The van der Waals surface area contributed by atoms with E-state index < -0.39 is 0 Å². The quantitative estimate of drug-likeness (QED) is 0.640. The highest BCUT2D eigenvalue weighted by Gasteiger charge is 2.23. The molecule has 0 saturated carbocycles. The topological polar surface area (TPSA) is 59.8 Å². The molecular formula is C23H29ClN4O. The molecule has 1 N–H and O–H groups in total. The standard InChI is InChI=1S/C23H29ClN4O/c1-14-18(11-12-20(29)25-13-17-9-7-8-10-19(17)24)15(2)26-22-21(14)16(3)27-28(22)23(4,5)6/h7-10H,11-13H2,1-6H3,(H,25,29). The lowest BCUT2D eigenvalue weighted by molar-refractivity contribution is -0.121. The predicted octanol–water partition coefficient (Wildman–Crippen LogP) is 5.01. The summed E-state index contributed by atoms with van der Waals surface area (Å²) in [6.45, 7) is 13.0. The molecule has 1 amide bonds. The van der Waals surface area contributed by atoms with E-state index in [1.807, 2.05) is 42.8 Å². The van der Waals surface area contributed by atoms with Gasteiger partial charge in [-0.05, 0) is 70.7 Å². The van der Waals surface area contributed by atoms with Crippen molar-refractivity contribution < 1.29 is 4.79 Å². The number of hydrogen-bond acceptors (Lipinski definition) is 3. The monoisotopic (exact) mass is 412 g/mol. The lowest BCUT2D eigenvalue weighted by Crippen LogP contribution is -2.24. The van der Waals surface area contributed by atoms with E-state index in [-0.39, 0.29) is 11.4 Å². The molecule has 29 heavy (non-hydrogen) atoms. The molecule has 6 heteroatoms. The van der Waals surface area contributed by atoms with E-state index >= 15 is 0 Å². The first kappa shape index (κ1) is 21.3. The summed E-state index contributed by atoms with van der Waals surface area (Å²) in [5.74, 6) is 0.00549. The van der Waals surface area contributed by atoms with Gasteiger partial charge in [-0.1, -0.05) is 29.8 Å². The van der Waals surface area contributed by atoms with Crippen LogP contribution in [-0.2, 0) is 23.3 Å². The van der Waals surface area contributed by atoms with Gasteiger partial charge in [0.15, 0.2) is 5.65 Å². The first-order valence-corrected chi connectivity index (χ1v) is 10.3. The fraction of sp³-hybridized carbons (Fsp3) is 0.435. The van der Waals surface area contributed by atoms with Crippen molar-refractivity contribution in [1.29, 1.82) is 0 Å². The number of amides is 1. The summed E-state index contributed by atoms with van der Waals surface area (Å²) in [5, 5.41) is 9.46. The van der Waals surface area contributed by atoms with Crippen molar-refractivity contribution in [1.82, 2.24) is 20.1 Å². The van der Waals surface area contributed by atoms with Crippen molar-refractivity contribution in [3.63, 3.8) is 0 Å². The molecule has 0 aliphatic heterocycles. The molecule has 0 unspecified atom stereocenters. The Balaban J connectivity index is 1.77. The van der Waals surface area contributed by atoms with E-state index in [4.69, 9.17) is 21.7 Å². The summed E-state index contributed by atoms with van der Waals surface area (Å²) >= 11 is 6.16. The number of nitrogens with zero attached hydrogens (tertiary/aromatic N) is 3. The number of halogens is 1. The lowest BCUT2D eigenvalue weighted by atomic mass is 9.99. The Labute approximate surface area is 177 Å². The zero-order valence-electron chi connectivity index (χ0n) is 18.1. The zero-order chi connectivity index (χ0) is 21.3. The third-order valence-electron chi connectivity index (χ3n) is 5.25. The van der Waals surface area contributed by atoms with Crippen molar-refractivity contribution in [2.45, 2.75) is 66.5 Å². The van der Waals surface area contributed by atoms with Gasteiger partial charge in [0.25, 0.3) is 0 Å². The molecule has 0 radical (unpaired) electrons. The first-order chi connectivity index (χ1) is 13.6. The van der Waals surface area contributed by atoms with Crippen molar-refractivity contribution in [3.8, 4) is 0 Å². The van der Waals surface area contributed by atoms with Crippen LogP contribution in [0, 0.1) is 20.8 Å². The highest BCUT2D eigenvalue weighted by atomic mass is 35.5. The number of fused-ring (bicyclic) bond motifs is 1. The Morgan fingerprint density at radius 1 is 1.14 bits per heavy atom. The minimum Gasteiger partial charge on any atom is -0.352 e. The number of nitrogens with one attached hydrogen (secondary N) is 1. The molecule has 3 aromatic rings. The fourth-order valence-electron chi connectivity index (χ4n) is 3.70. The Morgan fingerprint density at radius 3 is 2.48 bits per heavy atom. The molecule has 0 spiro atoms. The van der Waals surface area contributed by atoms with Crippen LogP contribution in [-0.4, -0.2) is 20.7 Å². The first-order valence-electron chi connectivity index (χ1n) is 9.95. The molecule has 5 nitrogen and oxygen atoms in total. The van der Waals surface area contributed by atoms with Crippen LogP contribution in [0.2, 0.25) is 5.02 Å². The van der Waals surface area contributed by atoms with Crippen LogP contribution >= 0.6 is 11.6 Å². The maximum Gasteiger partial charge on any atom is 0.220 e. The second-order valence-electron chi connectivity index (χ2n) is 8.54. The van der Waals surface area contributed by atoms with Crippen LogP contribution < -0.4 is 5.32 Å². The molecule has 3 rings (SSSR count). The van der Waals surface area contributed by atoms with Crippen LogP contribution in [0.3, 0.4) is 0 Å². The second-order valence-corrected chi connectivity index (χ2v) is 8.94. The summed E-state index contributed by atoms with van der Waals surface area (Å²) in [7, 11) is 0. The van der Waals surface area contributed by atoms with E-state index in [1.54, 1.807) is 0 Å². The van der Waals surface area contributed by atoms with Crippen LogP contribution in [0.25, 0.3) is 11.0 Å². The SMILES string of the molecule is Cc1nc2c(c(C)nn2C(C)(C)C)c(C)c1CCC(=O)NCc1ccccc1Cl. The molecule has 0 aliphatic carbocycles. The molecule has 0 atom stereocenters. The average Bonchev–Trinajstić information content (AvgIpc) is 2.97. The molecular weight excluding hydrogens is 384 g/mol. The van der Waals surface area contributed by atoms with Crippen LogP contribution in [0.15, 0.2) is 24.3 Å². The molecule has 2 aromatic heterocycles. The predicted molar refractivity (Wildman–Crippen MR) is 118 cm³/mol. The van der Waals surface area contributed by atoms with Gasteiger partial charge in [0.2, 0.25) is 5.91 Å². The smallest absolute Gasteiger partial charge is 0.220 e. The van der Waals surface area contributed by atoms with Crippen LogP contribution in [0.4, 0.5) is 0 Å². The van der Waals surface area contributed by atoms with Gasteiger partial charge >= 0.3 is 0 Å². The maximum atomic E-state index is 12.4. The van der Waals surface area contributed by atoms with Gasteiger partial charge in [-0.2, -0.15) is 5.10 Å². The minimum absolute atomic E-state index is 0.00549. The summed E-state index contributed by atoms with van der Waals surface area (Å²) in [5.41, 5.74) is 5.92. The average molecular weight is 413 g/mol. The molecule has 0 fully saturated rings. The molecule has 2 heterocycles.